The van der Waals surface area contributed by atoms with Gasteiger partial charge in [-0.3, -0.25) is 9.59 Å². The van der Waals surface area contributed by atoms with Gasteiger partial charge < -0.3 is 15.5 Å². The Balaban J connectivity index is 1.79. The molecule has 5 nitrogen and oxygen atoms in total. The zero-order chi connectivity index (χ0) is 15.2. The number of fused-ring (bicyclic) bond motifs is 3. The fourth-order valence-corrected chi connectivity index (χ4v) is 2.90. The summed E-state index contributed by atoms with van der Waals surface area (Å²) in [6, 6.07) is 7.62. The van der Waals surface area contributed by atoms with Gasteiger partial charge in [-0.1, -0.05) is 32.9 Å². The quantitative estimate of drug-likeness (QED) is 0.827. The van der Waals surface area contributed by atoms with Gasteiger partial charge in [0.05, 0.1) is 11.4 Å². The fourth-order valence-electron chi connectivity index (χ4n) is 2.90. The largest absolute Gasteiger partial charge is 0.356 e. The van der Waals surface area contributed by atoms with E-state index >= 15 is 0 Å². The third kappa shape index (κ3) is 2.48. The van der Waals surface area contributed by atoms with Crippen LogP contribution in [0.4, 0.5) is 11.4 Å². The summed E-state index contributed by atoms with van der Waals surface area (Å²) in [4.78, 5) is 26.4. The molecule has 0 radical (unpaired) electrons. The number of hydrogen-bond donors (Lipinski definition) is 2. The summed E-state index contributed by atoms with van der Waals surface area (Å²) in [5, 5.41) is 6.01. The molecule has 2 aliphatic heterocycles. The predicted octanol–water partition coefficient (Wildman–Crippen LogP) is 1.75. The van der Waals surface area contributed by atoms with E-state index in [1.165, 1.54) is 0 Å². The van der Waals surface area contributed by atoms with Gasteiger partial charge >= 0.3 is 0 Å². The molecular weight excluding hydrogens is 266 g/mol. The zero-order valence-corrected chi connectivity index (χ0v) is 12.6. The van der Waals surface area contributed by atoms with Crippen LogP contribution in [0.15, 0.2) is 24.3 Å². The predicted molar refractivity (Wildman–Crippen MR) is 82.2 cm³/mol. The van der Waals surface area contributed by atoms with Gasteiger partial charge in [-0.15, -0.1) is 0 Å². The van der Waals surface area contributed by atoms with Gasteiger partial charge in [0.25, 0.3) is 0 Å². The lowest BCUT2D eigenvalue weighted by Crippen LogP contribution is -2.44. The maximum absolute atomic E-state index is 12.2. The van der Waals surface area contributed by atoms with Crippen LogP contribution in [-0.4, -0.2) is 30.4 Å². The van der Waals surface area contributed by atoms with Crippen molar-refractivity contribution in [3.63, 3.8) is 0 Å². The van der Waals surface area contributed by atoms with Crippen molar-refractivity contribution < 1.29 is 9.59 Å². The molecule has 2 amide bonds. The number of hydrogen-bond acceptors (Lipinski definition) is 3. The van der Waals surface area contributed by atoms with Crippen molar-refractivity contribution in [2.75, 3.05) is 16.8 Å². The van der Waals surface area contributed by atoms with Crippen molar-refractivity contribution in [2.24, 2.45) is 5.41 Å². The molecule has 2 heterocycles. The molecule has 0 spiro atoms. The normalized spacial score (nSPS) is 24.1. The van der Waals surface area contributed by atoms with Gasteiger partial charge in [0.2, 0.25) is 11.8 Å². The van der Waals surface area contributed by atoms with Gasteiger partial charge in [0, 0.05) is 18.0 Å². The first-order valence-corrected chi connectivity index (χ1v) is 7.34. The van der Waals surface area contributed by atoms with Crippen molar-refractivity contribution in [2.45, 2.75) is 39.3 Å². The van der Waals surface area contributed by atoms with Gasteiger partial charge in [-0.05, 0) is 18.6 Å². The van der Waals surface area contributed by atoms with E-state index in [2.05, 4.69) is 15.5 Å². The monoisotopic (exact) mass is 287 g/mol. The Kier molecular flexibility index (Phi) is 3.15. The number of para-hydroxylation sites is 2. The van der Waals surface area contributed by atoms with E-state index in [0.29, 0.717) is 13.0 Å². The van der Waals surface area contributed by atoms with Gasteiger partial charge in [-0.25, -0.2) is 0 Å². The van der Waals surface area contributed by atoms with Crippen molar-refractivity contribution in [1.29, 1.82) is 0 Å². The maximum Gasteiger partial charge on any atom is 0.247 e. The van der Waals surface area contributed by atoms with Crippen molar-refractivity contribution >= 4 is 23.2 Å². The van der Waals surface area contributed by atoms with Gasteiger partial charge in [0.1, 0.15) is 6.04 Å². The van der Waals surface area contributed by atoms with E-state index in [-0.39, 0.29) is 23.9 Å². The summed E-state index contributed by atoms with van der Waals surface area (Å²) in [6.07, 6.45) is 0.655. The molecule has 3 rings (SSSR count). The minimum absolute atomic E-state index is 0.0126. The van der Waals surface area contributed by atoms with Crippen molar-refractivity contribution in [1.82, 2.24) is 5.32 Å². The zero-order valence-electron chi connectivity index (χ0n) is 12.6. The molecule has 0 saturated carbocycles. The molecule has 21 heavy (non-hydrogen) atoms. The second-order valence-corrected chi connectivity index (χ2v) is 6.83. The standard InChI is InChI=1S/C16H21N3O2/c1-16(2,3)15(21)17-10-8-13-14(20)18-11-6-4-5-7-12(11)19(13)9-10/h4-7,10,13H,8-9H2,1-3H3,(H,17,21)(H,18,20). The average molecular weight is 287 g/mol. The second-order valence-electron chi connectivity index (χ2n) is 6.83. The summed E-state index contributed by atoms with van der Waals surface area (Å²) in [5.41, 5.74) is 1.47. The highest BCUT2D eigenvalue weighted by Crippen LogP contribution is 2.36. The first-order chi connectivity index (χ1) is 9.86. The molecule has 2 N–H and O–H groups in total. The Morgan fingerprint density at radius 2 is 2.05 bits per heavy atom. The molecule has 1 aromatic rings. The van der Waals surface area contributed by atoms with Crippen LogP contribution in [0, 0.1) is 5.41 Å². The molecule has 2 aliphatic rings. The van der Waals surface area contributed by atoms with Crippen LogP contribution in [-0.2, 0) is 9.59 Å². The molecule has 1 fully saturated rings. The summed E-state index contributed by atoms with van der Waals surface area (Å²) in [6.45, 7) is 6.36. The number of carbonyl (C=O) groups is 2. The van der Waals surface area contributed by atoms with Crippen LogP contribution in [0.25, 0.3) is 0 Å². The van der Waals surface area contributed by atoms with E-state index in [1.54, 1.807) is 0 Å². The third-order valence-electron chi connectivity index (χ3n) is 4.09. The first-order valence-electron chi connectivity index (χ1n) is 7.34. The highest BCUT2D eigenvalue weighted by Gasteiger charge is 2.41. The summed E-state index contributed by atoms with van der Waals surface area (Å²) >= 11 is 0. The Hall–Kier alpha value is -2.04. The fraction of sp³-hybridized carbons (Fsp3) is 0.500. The molecule has 2 unspecified atom stereocenters. The number of benzene rings is 1. The minimum atomic E-state index is -0.413. The van der Waals surface area contributed by atoms with E-state index in [1.807, 2.05) is 45.0 Å². The summed E-state index contributed by atoms with van der Waals surface area (Å²) in [5.74, 6) is 0.0437. The summed E-state index contributed by atoms with van der Waals surface area (Å²) < 4.78 is 0. The number of anilines is 2. The van der Waals surface area contributed by atoms with E-state index in [4.69, 9.17) is 0 Å². The summed E-state index contributed by atoms with van der Waals surface area (Å²) in [7, 11) is 0. The lowest BCUT2D eigenvalue weighted by Gasteiger charge is -2.32. The molecule has 1 aromatic carbocycles. The molecule has 5 heteroatoms. The minimum Gasteiger partial charge on any atom is -0.356 e. The Labute approximate surface area is 124 Å². The Morgan fingerprint density at radius 3 is 2.76 bits per heavy atom. The van der Waals surface area contributed by atoms with E-state index in [9.17, 15) is 9.59 Å². The highest BCUT2D eigenvalue weighted by molar-refractivity contribution is 6.04. The number of rotatable bonds is 1. The SMILES string of the molecule is CC(C)(C)C(=O)NC1CC2C(=O)Nc3ccccc3N2C1. The highest BCUT2D eigenvalue weighted by atomic mass is 16.2. The van der Waals surface area contributed by atoms with E-state index in [0.717, 1.165) is 11.4 Å². The van der Waals surface area contributed by atoms with Crippen molar-refractivity contribution in [3.8, 4) is 0 Å². The molecule has 0 aliphatic carbocycles. The number of carbonyl (C=O) groups excluding carboxylic acids is 2. The van der Waals surface area contributed by atoms with Gasteiger partial charge in [0.15, 0.2) is 0 Å². The van der Waals surface area contributed by atoms with Crippen LogP contribution in [0.1, 0.15) is 27.2 Å². The van der Waals surface area contributed by atoms with Crippen LogP contribution in [0.2, 0.25) is 0 Å². The lowest BCUT2D eigenvalue weighted by atomic mass is 9.95. The van der Waals surface area contributed by atoms with Crippen LogP contribution in [0.3, 0.4) is 0 Å². The van der Waals surface area contributed by atoms with Gasteiger partial charge in [-0.2, -0.15) is 0 Å². The first kappa shape index (κ1) is 13.9. The molecular formula is C16H21N3O2. The maximum atomic E-state index is 12.2. The molecule has 0 aromatic heterocycles. The number of nitrogens with one attached hydrogen (secondary N) is 2. The molecule has 1 saturated heterocycles. The van der Waals surface area contributed by atoms with E-state index < -0.39 is 5.41 Å². The third-order valence-corrected chi connectivity index (χ3v) is 4.09. The molecule has 2 atom stereocenters. The average Bonchev–Trinajstić information content (AvgIpc) is 2.82. The van der Waals surface area contributed by atoms with Crippen LogP contribution >= 0.6 is 0 Å². The number of amides is 2. The second kappa shape index (κ2) is 4.76. The Morgan fingerprint density at radius 1 is 1.33 bits per heavy atom. The smallest absolute Gasteiger partial charge is 0.247 e. The molecule has 112 valence electrons. The van der Waals surface area contributed by atoms with Crippen LogP contribution in [0.5, 0.6) is 0 Å². The number of nitrogens with zero attached hydrogens (tertiary/aromatic N) is 1. The molecule has 0 bridgehead atoms. The van der Waals surface area contributed by atoms with Crippen LogP contribution < -0.4 is 15.5 Å². The Bertz CT molecular complexity index is 591. The lowest BCUT2D eigenvalue weighted by molar-refractivity contribution is -0.129. The topological polar surface area (TPSA) is 61.4 Å². The van der Waals surface area contributed by atoms with Crippen molar-refractivity contribution in [3.05, 3.63) is 24.3 Å².